The molecule has 4 N–H and O–H groups in total. The highest BCUT2D eigenvalue weighted by Gasteiger charge is 2.33. The lowest BCUT2D eigenvalue weighted by atomic mass is 9.87. The van der Waals surface area contributed by atoms with E-state index in [2.05, 4.69) is 10.6 Å². The van der Waals surface area contributed by atoms with Gasteiger partial charge < -0.3 is 30.3 Å². The van der Waals surface area contributed by atoms with E-state index in [1.54, 1.807) is 13.8 Å². The van der Waals surface area contributed by atoms with Gasteiger partial charge in [0.05, 0.1) is 19.8 Å². The second-order valence-corrected chi connectivity index (χ2v) is 6.52. The molecule has 134 valence electrons. The Hall–Kier alpha value is -1.22. The highest BCUT2D eigenvalue weighted by Crippen LogP contribution is 2.21. The summed E-state index contributed by atoms with van der Waals surface area (Å²) in [5.41, 5.74) is -0.928. The maximum atomic E-state index is 11.7. The molecule has 0 saturated carbocycles. The standard InChI is InChI=1S/C15H28N2O6/c1-14(2,10-18)12(20)13(21)17-6-4-11(19)16-7-5-15(3)22-8-9-23-15/h12,18,20H,4-10H2,1-3H3,(H,16,19)(H,17,21)/t12-/m0/s1. The molecule has 1 fully saturated rings. The largest absolute Gasteiger partial charge is 0.396 e. The molecule has 23 heavy (non-hydrogen) atoms. The topological polar surface area (TPSA) is 117 Å². The second-order valence-electron chi connectivity index (χ2n) is 6.52. The van der Waals surface area contributed by atoms with Crippen LogP contribution in [-0.4, -0.2) is 66.8 Å². The van der Waals surface area contributed by atoms with Crippen molar-refractivity contribution in [2.24, 2.45) is 5.41 Å². The molecule has 1 aliphatic rings. The first-order valence-electron chi connectivity index (χ1n) is 7.81. The average molecular weight is 332 g/mol. The minimum atomic E-state index is -1.33. The Morgan fingerprint density at radius 3 is 2.39 bits per heavy atom. The molecule has 0 aliphatic carbocycles. The predicted molar refractivity (Wildman–Crippen MR) is 82.4 cm³/mol. The van der Waals surface area contributed by atoms with Crippen LogP contribution in [0.25, 0.3) is 0 Å². The fraction of sp³-hybridized carbons (Fsp3) is 0.867. The van der Waals surface area contributed by atoms with Crippen molar-refractivity contribution in [3.63, 3.8) is 0 Å². The Bertz CT molecular complexity index is 407. The summed E-state index contributed by atoms with van der Waals surface area (Å²) in [7, 11) is 0. The van der Waals surface area contributed by atoms with Crippen LogP contribution < -0.4 is 10.6 Å². The zero-order chi connectivity index (χ0) is 17.5. The van der Waals surface area contributed by atoms with Crippen LogP contribution in [-0.2, 0) is 19.1 Å². The van der Waals surface area contributed by atoms with Crippen molar-refractivity contribution < 1.29 is 29.3 Å². The minimum absolute atomic E-state index is 0.108. The van der Waals surface area contributed by atoms with Crippen LogP contribution in [0, 0.1) is 5.41 Å². The van der Waals surface area contributed by atoms with Crippen molar-refractivity contribution >= 4 is 11.8 Å². The molecule has 0 aromatic carbocycles. The van der Waals surface area contributed by atoms with Crippen molar-refractivity contribution in [1.29, 1.82) is 0 Å². The van der Waals surface area contributed by atoms with Gasteiger partial charge in [-0.3, -0.25) is 9.59 Å². The number of nitrogens with one attached hydrogen (secondary N) is 2. The quantitative estimate of drug-likeness (QED) is 0.437. The van der Waals surface area contributed by atoms with Crippen molar-refractivity contribution in [1.82, 2.24) is 10.6 Å². The van der Waals surface area contributed by atoms with Crippen LogP contribution in [0.15, 0.2) is 0 Å². The molecule has 1 atom stereocenters. The third-order valence-corrected chi connectivity index (χ3v) is 3.85. The molecule has 8 nitrogen and oxygen atoms in total. The summed E-state index contributed by atoms with van der Waals surface area (Å²) in [5, 5.41) is 24.1. The van der Waals surface area contributed by atoms with E-state index in [0.717, 1.165) is 0 Å². The summed E-state index contributed by atoms with van der Waals surface area (Å²) in [6.45, 7) is 6.33. The van der Waals surface area contributed by atoms with Gasteiger partial charge in [0.25, 0.3) is 0 Å². The normalized spacial score (nSPS) is 18.5. The van der Waals surface area contributed by atoms with Crippen molar-refractivity contribution in [3.05, 3.63) is 0 Å². The Balaban J connectivity index is 2.17. The number of hydrogen-bond acceptors (Lipinski definition) is 6. The number of aliphatic hydroxyl groups is 2. The molecule has 1 aliphatic heterocycles. The van der Waals surface area contributed by atoms with E-state index in [0.29, 0.717) is 26.2 Å². The zero-order valence-electron chi connectivity index (χ0n) is 14.1. The molecule has 0 spiro atoms. The van der Waals surface area contributed by atoms with E-state index < -0.39 is 23.2 Å². The number of ether oxygens (including phenoxy) is 2. The van der Waals surface area contributed by atoms with Gasteiger partial charge in [-0.25, -0.2) is 0 Å². The fourth-order valence-electron chi connectivity index (χ4n) is 2.06. The molecule has 1 rings (SSSR count). The van der Waals surface area contributed by atoms with Gasteiger partial charge in [-0.15, -0.1) is 0 Å². The van der Waals surface area contributed by atoms with Gasteiger partial charge in [0, 0.05) is 31.3 Å². The SMILES string of the molecule is CC1(CCNC(=O)CCNC(=O)[C@H](O)C(C)(C)CO)OCCO1. The maximum absolute atomic E-state index is 11.7. The Morgan fingerprint density at radius 2 is 1.83 bits per heavy atom. The molecule has 1 heterocycles. The van der Waals surface area contributed by atoms with Crippen molar-refractivity contribution in [2.75, 3.05) is 32.9 Å². The lowest BCUT2D eigenvalue weighted by Gasteiger charge is -2.27. The van der Waals surface area contributed by atoms with Crippen molar-refractivity contribution in [2.45, 2.75) is 45.5 Å². The van der Waals surface area contributed by atoms with Crippen LogP contribution >= 0.6 is 0 Å². The minimum Gasteiger partial charge on any atom is -0.396 e. The van der Waals surface area contributed by atoms with E-state index in [4.69, 9.17) is 14.6 Å². The van der Waals surface area contributed by atoms with Gasteiger partial charge in [-0.2, -0.15) is 0 Å². The number of rotatable bonds is 9. The first kappa shape index (κ1) is 19.8. The fourth-order valence-corrected chi connectivity index (χ4v) is 2.06. The van der Waals surface area contributed by atoms with Gasteiger partial charge in [0.2, 0.25) is 11.8 Å². The van der Waals surface area contributed by atoms with Crippen LogP contribution in [0.1, 0.15) is 33.6 Å². The van der Waals surface area contributed by atoms with Gasteiger partial charge in [0.15, 0.2) is 5.79 Å². The predicted octanol–water partition coefficient (Wildman–Crippen LogP) is -0.859. The van der Waals surface area contributed by atoms with Crippen LogP contribution in [0.5, 0.6) is 0 Å². The molecule has 0 aromatic rings. The van der Waals surface area contributed by atoms with Crippen LogP contribution in [0.4, 0.5) is 0 Å². The number of carbonyl (C=O) groups is 2. The number of carbonyl (C=O) groups excluding carboxylic acids is 2. The van der Waals surface area contributed by atoms with Gasteiger partial charge in [0.1, 0.15) is 6.10 Å². The third kappa shape index (κ3) is 6.42. The van der Waals surface area contributed by atoms with Crippen molar-refractivity contribution in [3.8, 4) is 0 Å². The van der Waals surface area contributed by atoms with E-state index in [-0.39, 0.29) is 25.5 Å². The van der Waals surface area contributed by atoms with E-state index in [1.807, 2.05) is 6.92 Å². The van der Waals surface area contributed by atoms with Gasteiger partial charge in [-0.1, -0.05) is 13.8 Å². The van der Waals surface area contributed by atoms with Crippen LogP contribution in [0.2, 0.25) is 0 Å². The lowest BCUT2D eigenvalue weighted by Crippen LogP contribution is -2.46. The molecule has 8 heteroatoms. The molecule has 2 amide bonds. The molecule has 0 unspecified atom stereocenters. The van der Waals surface area contributed by atoms with Gasteiger partial charge in [-0.05, 0) is 6.92 Å². The summed E-state index contributed by atoms with van der Waals surface area (Å²) in [6.07, 6.45) is -0.669. The molecule has 0 radical (unpaired) electrons. The van der Waals surface area contributed by atoms with Gasteiger partial charge >= 0.3 is 0 Å². The van der Waals surface area contributed by atoms with Crippen LogP contribution in [0.3, 0.4) is 0 Å². The summed E-state index contributed by atoms with van der Waals surface area (Å²) >= 11 is 0. The first-order chi connectivity index (χ1) is 10.7. The molecular formula is C15H28N2O6. The number of aliphatic hydroxyl groups excluding tert-OH is 2. The van der Waals surface area contributed by atoms with E-state index in [9.17, 15) is 14.7 Å². The summed E-state index contributed by atoms with van der Waals surface area (Å²) in [4.78, 5) is 23.4. The Morgan fingerprint density at radius 1 is 1.22 bits per heavy atom. The monoisotopic (exact) mass is 332 g/mol. The summed E-state index contributed by atoms with van der Waals surface area (Å²) in [5.74, 6) is -1.44. The van der Waals surface area contributed by atoms with E-state index in [1.165, 1.54) is 0 Å². The maximum Gasteiger partial charge on any atom is 0.249 e. The van der Waals surface area contributed by atoms with E-state index >= 15 is 0 Å². The molecular weight excluding hydrogens is 304 g/mol. The third-order valence-electron chi connectivity index (χ3n) is 3.85. The summed E-state index contributed by atoms with van der Waals surface area (Å²) < 4.78 is 10.8. The first-order valence-corrected chi connectivity index (χ1v) is 7.81. The average Bonchev–Trinajstić information content (AvgIpc) is 2.93. The molecule has 0 bridgehead atoms. The number of hydrogen-bond donors (Lipinski definition) is 4. The number of amides is 2. The second kappa shape index (κ2) is 8.58. The Kier molecular flexibility index (Phi) is 7.40. The highest BCUT2D eigenvalue weighted by molar-refractivity contribution is 5.82. The lowest BCUT2D eigenvalue weighted by molar-refractivity contribution is -0.146. The summed E-state index contributed by atoms with van der Waals surface area (Å²) in [6, 6.07) is 0. The molecule has 1 saturated heterocycles. The zero-order valence-corrected chi connectivity index (χ0v) is 14.1. The molecule has 0 aromatic heterocycles. The Labute approximate surface area is 136 Å². The highest BCUT2D eigenvalue weighted by atomic mass is 16.7. The smallest absolute Gasteiger partial charge is 0.249 e.